The summed E-state index contributed by atoms with van der Waals surface area (Å²) >= 11 is 0. The van der Waals surface area contributed by atoms with Crippen molar-refractivity contribution in [3.63, 3.8) is 0 Å². The second-order valence-corrected chi connectivity index (χ2v) is 6.67. The van der Waals surface area contributed by atoms with Gasteiger partial charge in [0.2, 0.25) is 5.89 Å². The third kappa shape index (κ3) is 5.29. The van der Waals surface area contributed by atoms with Crippen molar-refractivity contribution in [2.24, 2.45) is 0 Å². The fourth-order valence-corrected chi connectivity index (χ4v) is 2.94. The molecule has 134 valence electrons. The Bertz CT molecular complexity index is 521. The number of piperazine rings is 1. The highest BCUT2D eigenvalue weighted by Crippen LogP contribution is 2.19. The highest BCUT2D eigenvalue weighted by molar-refractivity contribution is 5.91. The number of carbonyl (C=O) groups excluding carboxylic acids is 1. The van der Waals surface area contributed by atoms with Gasteiger partial charge in [-0.15, -0.1) is 0 Å². The molecule has 7 heteroatoms. The Morgan fingerprint density at radius 3 is 2.75 bits per heavy atom. The lowest BCUT2D eigenvalue weighted by molar-refractivity contribution is 0.0943. The molecule has 2 N–H and O–H groups in total. The molecule has 3 rings (SSSR count). The standard InChI is InChI=1S/C17H29N5O2/c1-2-21-8-10-22(11-9-21)7-3-6-18-17(23)15-13-24-16(20-15)12-19-14-4-5-14/h13-14,19H,2-12H2,1H3,(H,18,23). The molecule has 2 heterocycles. The van der Waals surface area contributed by atoms with Crippen molar-refractivity contribution in [1.29, 1.82) is 0 Å². The van der Waals surface area contributed by atoms with Crippen LogP contribution in [0.3, 0.4) is 0 Å². The molecule has 1 aromatic rings. The molecule has 1 aliphatic heterocycles. The van der Waals surface area contributed by atoms with E-state index in [9.17, 15) is 4.79 Å². The average Bonchev–Trinajstić information content (AvgIpc) is 3.33. The van der Waals surface area contributed by atoms with Crippen LogP contribution in [0.1, 0.15) is 42.6 Å². The van der Waals surface area contributed by atoms with Gasteiger partial charge in [-0.25, -0.2) is 4.98 Å². The normalized spacial score (nSPS) is 19.5. The number of oxazole rings is 1. The van der Waals surface area contributed by atoms with Gasteiger partial charge in [0.1, 0.15) is 6.26 Å². The lowest BCUT2D eigenvalue weighted by atomic mass is 10.3. The summed E-state index contributed by atoms with van der Waals surface area (Å²) in [7, 11) is 0. The number of nitrogens with one attached hydrogen (secondary N) is 2. The van der Waals surface area contributed by atoms with Crippen molar-refractivity contribution in [3.05, 3.63) is 17.8 Å². The van der Waals surface area contributed by atoms with Gasteiger partial charge < -0.3 is 24.9 Å². The summed E-state index contributed by atoms with van der Waals surface area (Å²) in [5.74, 6) is 0.438. The Morgan fingerprint density at radius 1 is 1.29 bits per heavy atom. The van der Waals surface area contributed by atoms with Crippen molar-refractivity contribution in [2.75, 3.05) is 45.8 Å². The van der Waals surface area contributed by atoms with Crippen LogP contribution in [0.2, 0.25) is 0 Å². The summed E-state index contributed by atoms with van der Waals surface area (Å²) in [5.41, 5.74) is 0.374. The van der Waals surface area contributed by atoms with Crippen LogP contribution in [0.15, 0.2) is 10.7 Å². The van der Waals surface area contributed by atoms with Crippen molar-refractivity contribution >= 4 is 5.91 Å². The topological polar surface area (TPSA) is 73.6 Å². The van der Waals surface area contributed by atoms with Crippen LogP contribution in [-0.2, 0) is 6.54 Å². The molecule has 0 bridgehead atoms. The van der Waals surface area contributed by atoms with Crippen molar-refractivity contribution in [2.45, 2.75) is 38.8 Å². The van der Waals surface area contributed by atoms with Crippen molar-refractivity contribution < 1.29 is 9.21 Å². The first-order valence-corrected chi connectivity index (χ1v) is 9.15. The van der Waals surface area contributed by atoms with Crippen molar-refractivity contribution in [1.82, 2.24) is 25.4 Å². The number of rotatable bonds is 9. The van der Waals surface area contributed by atoms with E-state index >= 15 is 0 Å². The fraction of sp³-hybridized carbons (Fsp3) is 0.765. The van der Waals surface area contributed by atoms with Crippen LogP contribution in [0.5, 0.6) is 0 Å². The lowest BCUT2D eigenvalue weighted by Gasteiger charge is -2.33. The Morgan fingerprint density at radius 2 is 2.04 bits per heavy atom. The minimum absolute atomic E-state index is 0.146. The van der Waals surface area contributed by atoms with E-state index in [-0.39, 0.29) is 5.91 Å². The largest absolute Gasteiger partial charge is 0.447 e. The van der Waals surface area contributed by atoms with Gasteiger partial charge in [0.15, 0.2) is 5.69 Å². The van der Waals surface area contributed by atoms with Crippen molar-refractivity contribution in [3.8, 4) is 0 Å². The van der Waals surface area contributed by atoms with Crippen LogP contribution in [-0.4, -0.2) is 72.5 Å². The number of likely N-dealkylation sites (N-methyl/N-ethyl adjacent to an activating group) is 1. The molecule has 0 radical (unpaired) electrons. The quantitative estimate of drug-likeness (QED) is 0.647. The molecule has 1 aliphatic carbocycles. The first-order chi connectivity index (χ1) is 11.7. The summed E-state index contributed by atoms with van der Waals surface area (Å²) in [6, 6.07) is 0.605. The summed E-state index contributed by atoms with van der Waals surface area (Å²) in [6.45, 7) is 10.2. The molecule has 1 aromatic heterocycles. The number of amides is 1. The van der Waals surface area contributed by atoms with Gasteiger partial charge in [-0.3, -0.25) is 4.79 Å². The number of hydrogen-bond donors (Lipinski definition) is 2. The van der Waals surface area contributed by atoms with E-state index < -0.39 is 0 Å². The Labute approximate surface area is 143 Å². The number of nitrogens with zero attached hydrogens (tertiary/aromatic N) is 3. The summed E-state index contributed by atoms with van der Waals surface area (Å²) in [5, 5.41) is 6.25. The van der Waals surface area contributed by atoms with Gasteiger partial charge in [0.05, 0.1) is 6.54 Å². The van der Waals surface area contributed by atoms with Gasteiger partial charge >= 0.3 is 0 Å². The predicted molar refractivity (Wildman–Crippen MR) is 91.9 cm³/mol. The van der Waals surface area contributed by atoms with Crippen LogP contribution in [0.25, 0.3) is 0 Å². The van der Waals surface area contributed by atoms with E-state index in [4.69, 9.17) is 4.42 Å². The predicted octanol–water partition coefficient (Wildman–Crippen LogP) is 0.684. The third-order valence-corrected chi connectivity index (χ3v) is 4.75. The van der Waals surface area contributed by atoms with Crippen LogP contribution in [0, 0.1) is 0 Å². The SMILES string of the molecule is CCN1CCN(CCCNC(=O)c2coc(CNC3CC3)n2)CC1. The number of carbonyl (C=O) groups is 1. The van der Waals surface area contributed by atoms with E-state index in [1.807, 2.05) is 0 Å². The van der Waals surface area contributed by atoms with Gasteiger partial charge in [-0.05, 0) is 32.4 Å². The minimum atomic E-state index is -0.146. The van der Waals surface area contributed by atoms with E-state index in [1.54, 1.807) is 0 Å². The summed E-state index contributed by atoms with van der Waals surface area (Å²) < 4.78 is 5.34. The molecule has 0 unspecified atom stereocenters. The van der Waals surface area contributed by atoms with E-state index in [0.717, 1.165) is 45.7 Å². The third-order valence-electron chi connectivity index (χ3n) is 4.75. The molecule has 24 heavy (non-hydrogen) atoms. The number of hydrogen-bond acceptors (Lipinski definition) is 6. The van der Waals surface area contributed by atoms with Crippen LogP contribution in [0.4, 0.5) is 0 Å². The molecule has 7 nitrogen and oxygen atoms in total. The molecular formula is C17H29N5O2. The first kappa shape index (κ1) is 17.4. The zero-order valence-electron chi connectivity index (χ0n) is 14.6. The fourth-order valence-electron chi connectivity index (χ4n) is 2.94. The number of aromatic nitrogens is 1. The zero-order valence-corrected chi connectivity index (χ0v) is 14.6. The molecule has 2 aliphatic rings. The molecular weight excluding hydrogens is 306 g/mol. The van der Waals surface area contributed by atoms with E-state index in [1.165, 1.54) is 19.1 Å². The van der Waals surface area contributed by atoms with Gasteiger partial charge in [0.25, 0.3) is 5.91 Å². The van der Waals surface area contributed by atoms with Crippen LogP contribution < -0.4 is 10.6 Å². The maximum absolute atomic E-state index is 12.1. The van der Waals surface area contributed by atoms with E-state index in [2.05, 4.69) is 32.3 Å². The summed E-state index contributed by atoms with van der Waals surface area (Å²) in [6.07, 6.45) is 4.86. The van der Waals surface area contributed by atoms with Gasteiger partial charge in [-0.1, -0.05) is 6.92 Å². The second kappa shape index (κ2) is 8.60. The minimum Gasteiger partial charge on any atom is -0.447 e. The molecule has 1 saturated carbocycles. The maximum atomic E-state index is 12.1. The zero-order chi connectivity index (χ0) is 16.8. The second-order valence-electron chi connectivity index (χ2n) is 6.67. The summed E-state index contributed by atoms with van der Waals surface area (Å²) in [4.78, 5) is 21.2. The lowest BCUT2D eigenvalue weighted by Crippen LogP contribution is -2.46. The Kier molecular flexibility index (Phi) is 6.23. The Balaban J connectivity index is 1.29. The molecule has 0 atom stereocenters. The molecule has 1 amide bonds. The smallest absolute Gasteiger partial charge is 0.273 e. The highest BCUT2D eigenvalue weighted by atomic mass is 16.3. The molecule has 0 spiro atoms. The maximum Gasteiger partial charge on any atom is 0.273 e. The molecule has 1 saturated heterocycles. The Hall–Kier alpha value is -1.44. The molecule has 2 fully saturated rings. The monoisotopic (exact) mass is 335 g/mol. The van der Waals surface area contributed by atoms with Crippen LogP contribution >= 0.6 is 0 Å². The van der Waals surface area contributed by atoms with E-state index in [0.29, 0.717) is 30.7 Å². The van der Waals surface area contributed by atoms with Gasteiger partial charge in [0, 0.05) is 38.8 Å². The van der Waals surface area contributed by atoms with Gasteiger partial charge in [-0.2, -0.15) is 0 Å². The first-order valence-electron chi connectivity index (χ1n) is 9.15. The highest BCUT2D eigenvalue weighted by Gasteiger charge is 2.21. The average molecular weight is 335 g/mol. The molecule has 0 aromatic carbocycles.